The van der Waals surface area contributed by atoms with E-state index < -0.39 is 11.7 Å². The zero-order chi connectivity index (χ0) is 12.3. The quantitative estimate of drug-likeness (QED) is 0.927. The Kier molecular flexibility index (Phi) is 3.43. The van der Waals surface area contributed by atoms with Gasteiger partial charge < -0.3 is 5.32 Å². The number of anilines is 1. The van der Waals surface area contributed by atoms with Gasteiger partial charge in [-0.15, -0.1) is 0 Å². The lowest BCUT2D eigenvalue weighted by atomic mass is 10.3. The molecule has 2 aromatic rings. The van der Waals surface area contributed by atoms with Crippen molar-refractivity contribution in [1.29, 1.82) is 0 Å². The molecular formula is C11H7BrFN3O. The van der Waals surface area contributed by atoms with Gasteiger partial charge >= 0.3 is 0 Å². The maximum absolute atomic E-state index is 13.2. The number of carbonyl (C=O) groups excluding carboxylic acids is 1. The molecule has 86 valence electrons. The minimum Gasteiger partial charge on any atom is -0.303 e. The fourth-order valence-electron chi connectivity index (χ4n) is 1.16. The molecule has 1 N–H and O–H groups in total. The van der Waals surface area contributed by atoms with Crippen LogP contribution in [0, 0.1) is 5.82 Å². The molecule has 0 bridgehead atoms. The molecule has 0 saturated heterocycles. The third-order valence-electron chi connectivity index (χ3n) is 1.95. The van der Waals surface area contributed by atoms with Crippen LogP contribution in [0.15, 0.2) is 41.1 Å². The van der Waals surface area contributed by atoms with Crippen LogP contribution in [0.25, 0.3) is 0 Å². The Morgan fingerprint density at radius 1 is 1.29 bits per heavy atom. The summed E-state index contributed by atoms with van der Waals surface area (Å²) in [6, 6.07) is 5.87. The van der Waals surface area contributed by atoms with Crippen molar-refractivity contribution in [2.75, 3.05) is 5.32 Å². The summed E-state index contributed by atoms with van der Waals surface area (Å²) in [5.74, 6) is -1.20. The summed E-state index contributed by atoms with van der Waals surface area (Å²) in [4.78, 5) is 19.3. The molecule has 0 atom stereocenters. The third-order valence-corrected chi connectivity index (χ3v) is 2.42. The minimum atomic E-state index is -0.585. The summed E-state index contributed by atoms with van der Waals surface area (Å²) >= 11 is 3.21. The van der Waals surface area contributed by atoms with Gasteiger partial charge in [-0.25, -0.2) is 14.4 Å². The van der Waals surface area contributed by atoms with E-state index in [1.807, 2.05) is 0 Å². The van der Waals surface area contributed by atoms with Gasteiger partial charge in [-0.2, -0.15) is 0 Å². The average molecular weight is 296 g/mol. The average Bonchev–Trinajstić information content (AvgIpc) is 2.33. The van der Waals surface area contributed by atoms with Crippen LogP contribution < -0.4 is 5.32 Å². The smallest absolute Gasteiger partial charge is 0.275 e. The van der Waals surface area contributed by atoms with Crippen molar-refractivity contribution in [2.45, 2.75) is 0 Å². The van der Waals surface area contributed by atoms with Crippen molar-refractivity contribution in [3.63, 3.8) is 0 Å². The van der Waals surface area contributed by atoms with E-state index in [1.165, 1.54) is 30.6 Å². The number of amides is 1. The summed E-state index contributed by atoms with van der Waals surface area (Å²) in [7, 11) is 0. The summed E-state index contributed by atoms with van der Waals surface area (Å²) in [6.45, 7) is 0. The van der Waals surface area contributed by atoms with E-state index in [2.05, 4.69) is 31.2 Å². The maximum Gasteiger partial charge on any atom is 0.275 e. The molecule has 1 amide bonds. The molecule has 0 fully saturated rings. The number of carbonyl (C=O) groups is 1. The van der Waals surface area contributed by atoms with E-state index in [4.69, 9.17) is 0 Å². The zero-order valence-electron chi connectivity index (χ0n) is 8.52. The van der Waals surface area contributed by atoms with Crippen LogP contribution in [0.2, 0.25) is 0 Å². The van der Waals surface area contributed by atoms with E-state index >= 15 is 0 Å². The van der Waals surface area contributed by atoms with E-state index in [9.17, 15) is 9.18 Å². The first-order chi connectivity index (χ1) is 8.16. The van der Waals surface area contributed by atoms with Gasteiger partial charge in [-0.1, -0.05) is 0 Å². The highest BCUT2D eigenvalue weighted by atomic mass is 79.9. The second-order valence-electron chi connectivity index (χ2n) is 3.15. The summed E-state index contributed by atoms with van der Waals surface area (Å²) in [5, 5.41) is 2.34. The standard InChI is InChI=1S/C11H7BrFN3O/c12-7-3-4-9(15-6-7)11(17)16-10-8(13)2-1-5-14-10/h1-6H,(H,14,16,17). The molecular weight excluding hydrogens is 289 g/mol. The molecule has 0 radical (unpaired) electrons. The minimum absolute atomic E-state index is 0.109. The molecule has 0 aliphatic rings. The van der Waals surface area contributed by atoms with Gasteiger partial charge in [0, 0.05) is 16.9 Å². The fraction of sp³-hybridized carbons (Fsp3) is 0. The van der Waals surface area contributed by atoms with Crippen molar-refractivity contribution >= 4 is 27.7 Å². The highest BCUT2D eigenvalue weighted by Gasteiger charge is 2.10. The van der Waals surface area contributed by atoms with Crippen LogP contribution in [0.4, 0.5) is 10.2 Å². The van der Waals surface area contributed by atoms with E-state index in [-0.39, 0.29) is 11.5 Å². The van der Waals surface area contributed by atoms with Gasteiger partial charge in [0.25, 0.3) is 5.91 Å². The highest BCUT2D eigenvalue weighted by molar-refractivity contribution is 9.10. The Labute approximate surface area is 105 Å². The van der Waals surface area contributed by atoms with Gasteiger partial charge in [0.15, 0.2) is 11.6 Å². The predicted molar refractivity (Wildman–Crippen MR) is 64.1 cm³/mol. The number of aromatic nitrogens is 2. The van der Waals surface area contributed by atoms with Gasteiger partial charge in [-0.05, 0) is 40.2 Å². The summed E-state index contributed by atoms with van der Waals surface area (Å²) in [5.41, 5.74) is 0.193. The van der Waals surface area contributed by atoms with E-state index in [0.717, 1.165) is 4.47 Å². The summed E-state index contributed by atoms with van der Waals surface area (Å²) < 4.78 is 14.0. The Balaban J connectivity index is 2.17. The number of rotatable bonds is 2. The van der Waals surface area contributed by atoms with Gasteiger partial charge in [0.2, 0.25) is 0 Å². The topological polar surface area (TPSA) is 54.9 Å². The number of nitrogens with one attached hydrogen (secondary N) is 1. The van der Waals surface area contributed by atoms with Crippen LogP contribution in [0.3, 0.4) is 0 Å². The molecule has 4 nitrogen and oxygen atoms in total. The second kappa shape index (κ2) is 5.01. The predicted octanol–water partition coefficient (Wildman–Crippen LogP) is 2.63. The Bertz CT molecular complexity index is 545. The van der Waals surface area contributed by atoms with Crippen molar-refractivity contribution in [3.8, 4) is 0 Å². The molecule has 2 aromatic heterocycles. The molecule has 0 spiro atoms. The second-order valence-corrected chi connectivity index (χ2v) is 4.07. The lowest BCUT2D eigenvalue weighted by molar-refractivity contribution is 0.102. The number of halogens is 2. The molecule has 0 aromatic carbocycles. The molecule has 2 heterocycles. The first kappa shape index (κ1) is 11.7. The van der Waals surface area contributed by atoms with Crippen molar-refractivity contribution in [2.24, 2.45) is 0 Å². The molecule has 6 heteroatoms. The van der Waals surface area contributed by atoms with Gasteiger partial charge in [0.05, 0.1) is 0 Å². The molecule has 2 rings (SSSR count). The summed E-state index contributed by atoms with van der Waals surface area (Å²) in [6.07, 6.45) is 2.89. The Hall–Kier alpha value is -1.82. The molecule has 0 aliphatic heterocycles. The van der Waals surface area contributed by atoms with Crippen LogP contribution in [0.5, 0.6) is 0 Å². The van der Waals surface area contributed by atoms with Crippen molar-refractivity contribution in [1.82, 2.24) is 9.97 Å². The molecule has 0 saturated carbocycles. The lowest BCUT2D eigenvalue weighted by Crippen LogP contribution is -2.15. The number of pyridine rings is 2. The first-order valence-electron chi connectivity index (χ1n) is 4.70. The SMILES string of the molecule is O=C(Nc1ncccc1F)c1ccc(Br)cn1. The number of hydrogen-bond acceptors (Lipinski definition) is 3. The van der Waals surface area contributed by atoms with E-state index in [0.29, 0.717) is 0 Å². The molecule has 17 heavy (non-hydrogen) atoms. The zero-order valence-corrected chi connectivity index (χ0v) is 10.1. The van der Waals surface area contributed by atoms with Crippen LogP contribution >= 0.6 is 15.9 Å². The van der Waals surface area contributed by atoms with Gasteiger partial charge in [0.1, 0.15) is 5.69 Å². The third kappa shape index (κ3) is 2.85. The van der Waals surface area contributed by atoms with Crippen LogP contribution in [-0.2, 0) is 0 Å². The fourth-order valence-corrected chi connectivity index (χ4v) is 1.39. The monoisotopic (exact) mass is 295 g/mol. The number of hydrogen-bond donors (Lipinski definition) is 1. The van der Waals surface area contributed by atoms with E-state index in [1.54, 1.807) is 6.07 Å². The Morgan fingerprint density at radius 2 is 2.12 bits per heavy atom. The van der Waals surface area contributed by atoms with Crippen LogP contribution in [-0.4, -0.2) is 15.9 Å². The lowest BCUT2D eigenvalue weighted by Gasteiger charge is -2.04. The van der Waals surface area contributed by atoms with Crippen LogP contribution in [0.1, 0.15) is 10.5 Å². The van der Waals surface area contributed by atoms with Gasteiger partial charge in [-0.3, -0.25) is 4.79 Å². The molecule has 0 unspecified atom stereocenters. The molecule has 0 aliphatic carbocycles. The first-order valence-corrected chi connectivity index (χ1v) is 5.49. The largest absolute Gasteiger partial charge is 0.303 e. The normalized spacial score (nSPS) is 10.0. The maximum atomic E-state index is 13.2. The van der Waals surface area contributed by atoms with Crippen molar-refractivity contribution in [3.05, 3.63) is 52.6 Å². The Morgan fingerprint density at radius 3 is 2.76 bits per heavy atom. The highest BCUT2D eigenvalue weighted by Crippen LogP contribution is 2.11. The number of nitrogens with zero attached hydrogens (tertiary/aromatic N) is 2. The van der Waals surface area contributed by atoms with Crippen molar-refractivity contribution < 1.29 is 9.18 Å².